The highest BCUT2D eigenvalue weighted by Crippen LogP contribution is 2.12. The van der Waals surface area contributed by atoms with Gasteiger partial charge in [0.2, 0.25) is 5.91 Å². The van der Waals surface area contributed by atoms with Crippen molar-refractivity contribution >= 4 is 12.0 Å². The van der Waals surface area contributed by atoms with Crippen LogP contribution >= 0.6 is 0 Å². The van der Waals surface area contributed by atoms with E-state index in [4.69, 9.17) is 4.42 Å². The molecule has 1 aromatic heterocycles. The molecule has 3 nitrogen and oxygen atoms in total. The van der Waals surface area contributed by atoms with Gasteiger partial charge in [-0.15, -0.1) is 0 Å². The van der Waals surface area contributed by atoms with E-state index in [0.717, 1.165) is 17.7 Å². The van der Waals surface area contributed by atoms with Gasteiger partial charge in [-0.25, -0.2) is 0 Å². The van der Waals surface area contributed by atoms with Gasteiger partial charge in [0, 0.05) is 6.08 Å². The Kier molecular flexibility index (Phi) is 4.77. The molecule has 0 saturated heterocycles. The topological polar surface area (TPSA) is 42.2 Å². The third kappa shape index (κ3) is 3.85. The molecule has 0 radical (unpaired) electrons. The lowest BCUT2D eigenvalue weighted by molar-refractivity contribution is -0.117. The van der Waals surface area contributed by atoms with Crippen LogP contribution in [0.2, 0.25) is 0 Å². The molecule has 1 amide bonds. The number of furan rings is 1. The van der Waals surface area contributed by atoms with Crippen LogP contribution in [0.4, 0.5) is 0 Å². The predicted octanol–water partition coefficient (Wildman–Crippen LogP) is 3.73. The van der Waals surface area contributed by atoms with Crippen LogP contribution in [0, 0.1) is 0 Å². The Morgan fingerprint density at radius 3 is 2.65 bits per heavy atom. The first-order valence-corrected chi connectivity index (χ1v) is 6.80. The van der Waals surface area contributed by atoms with Crippen molar-refractivity contribution in [3.8, 4) is 0 Å². The highest BCUT2D eigenvalue weighted by molar-refractivity contribution is 5.91. The number of hydrogen-bond donors (Lipinski definition) is 1. The van der Waals surface area contributed by atoms with E-state index >= 15 is 0 Å². The Balaban J connectivity index is 1.91. The van der Waals surface area contributed by atoms with Crippen LogP contribution in [0.1, 0.15) is 36.8 Å². The first-order chi connectivity index (χ1) is 9.69. The van der Waals surface area contributed by atoms with E-state index in [2.05, 4.69) is 24.4 Å². The Bertz CT molecular complexity index is 568. The third-order valence-corrected chi connectivity index (χ3v) is 3.14. The van der Waals surface area contributed by atoms with E-state index < -0.39 is 0 Å². The highest BCUT2D eigenvalue weighted by atomic mass is 16.3. The molecular formula is C17H19NO2. The lowest BCUT2D eigenvalue weighted by atomic mass is 10.1. The Labute approximate surface area is 119 Å². The van der Waals surface area contributed by atoms with Gasteiger partial charge in [0.1, 0.15) is 5.76 Å². The summed E-state index contributed by atoms with van der Waals surface area (Å²) in [6.45, 7) is 4.01. The molecule has 1 aromatic carbocycles. The van der Waals surface area contributed by atoms with Crippen molar-refractivity contribution in [2.24, 2.45) is 0 Å². The zero-order chi connectivity index (χ0) is 14.4. The van der Waals surface area contributed by atoms with E-state index in [-0.39, 0.29) is 11.9 Å². The fourth-order valence-corrected chi connectivity index (χ4v) is 1.91. The zero-order valence-corrected chi connectivity index (χ0v) is 11.8. The molecule has 0 aliphatic heterocycles. The number of amides is 1. The molecule has 0 unspecified atom stereocenters. The molecule has 104 valence electrons. The molecule has 3 heteroatoms. The monoisotopic (exact) mass is 269 g/mol. The summed E-state index contributed by atoms with van der Waals surface area (Å²) in [4.78, 5) is 11.8. The number of hydrogen-bond acceptors (Lipinski definition) is 2. The molecule has 1 N–H and O–H groups in total. The zero-order valence-electron chi connectivity index (χ0n) is 11.8. The molecular weight excluding hydrogens is 250 g/mol. The standard InChI is InChI=1S/C17H19NO2/c1-3-14-6-8-15(9-7-14)10-11-17(19)18-13(2)16-5-4-12-20-16/h4-13H,3H2,1-2H3,(H,18,19)/b11-10+/t13-/m0/s1. The minimum Gasteiger partial charge on any atom is -0.467 e. The van der Waals surface area contributed by atoms with Crippen LogP contribution in [0.5, 0.6) is 0 Å². The number of rotatable bonds is 5. The van der Waals surface area contributed by atoms with Gasteiger partial charge in [-0.1, -0.05) is 31.2 Å². The summed E-state index contributed by atoms with van der Waals surface area (Å²) in [6, 6.07) is 11.7. The average Bonchev–Trinajstić information content (AvgIpc) is 3.00. The first kappa shape index (κ1) is 14.1. The highest BCUT2D eigenvalue weighted by Gasteiger charge is 2.09. The number of benzene rings is 1. The van der Waals surface area contributed by atoms with Crippen LogP contribution in [0.15, 0.2) is 53.2 Å². The second-order valence-corrected chi connectivity index (χ2v) is 4.67. The van der Waals surface area contributed by atoms with E-state index in [0.29, 0.717) is 0 Å². The number of carbonyl (C=O) groups is 1. The Hall–Kier alpha value is -2.29. The van der Waals surface area contributed by atoms with E-state index in [9.17, 15) is 4.79 Å². The fraction of sp³-hybridized carbons (Fsp3) is 0.235. The second-order valence-electron chi connectivity index (χ2n) is 4.67. The number of carbonyl (C=O) groups excluding carboxylic acids is 1. The minimum atomic E-state index is -0.135. The number of aryl methyl sites for hydroxylation is 1. The van der Waals surface area contributed by atoms with Gasteiger partial charge in [-0.2, -0.15) is 0 Å². The van der Waals surface area contributed by atoms with Crippen molar-refractivity contribution in [3.63, 3.8) is 0 Å². The molecule has 1 atom stereocenters. The lowest BCUT2D eigenvalue weighted by Gasteiger charge is -2.08. The second kappa shape index (κ2) is 6.75. The first-order valence-electron chi connectivity index (χ1n) is 6.80. The van der Waals surface area contributed by atoms with Gasteiger partial charge in [-0.3, -0.25) is 4.79 Å². The van der Waals surface area contributed by atoms with Crippen LogP contribution < -0.4 is 5.32 Å². The Morgan fingerprint density at radius 1 is 1.30 bits per heavy atom. The summed E-state index contributed by atoms with van der Waals surface area (Å²) in [5.41, 5.74) is 2.31. The Morgan fingerprint density at radius 2 is 2.05 bits per heavy atom. The van der Waals surface area contributed by atoms with Crippen molar-refractivity contribution in [1.82, 2.24) is 5.32 Å². The normalized spacial score (nSPS) is 12.5. The molecule has 0 saturated carbocycles. The van der Waals surface area contributed by atoms with Crippen molar-refractivity contribution < 1.29 is 9.21 Å². The molecule has 0 fully saturated rings. The predicted molar refractivity (Wildman–Crippen MR) is 80.1 cm³/mol. The van der Waals surface area contributed by atoms with E-state index in [1.165, 1.54) is 5.56 Å². The molecule has 2 aromatic rings. The van der Waals surface area contributed by atoms with Crippen LogP contribution in [0.3, 0.4) is 0 Å². The SMILES string of the molecule is CCc1ccc(/C=C/C(=O)N[C@@H](C)c2ccco2)cc1. The molecule has 0 aliphatic carbocycles. The third-order valence-electron chi connectivity index (χ3n) is 3.14. The van der Waals surface area contributed by atoms with Crippen molar-refractivity contribution in [2.45, 2.75) is 26.3 Å². The average molecular weight is 269 g/mol. The maximum Gasteiger partial charge on any atom is 0.244 e. The van der Waals surface area contributed by atoms with Gasteiger partial charge in [0.25, 0.3) is 0 Å². The summed E-state index contributed by atoms with van der Waals surface area (Å²) < 4.78 is 5.25. The maximum absolute atomic E-state index is 11.8. The summed E-state index contributed by atoms with van der Waals surface area (Å²) in [6.07, 6.45) is 5.97. The molecule has 0 aliphatic rings. The molecule has 1 heterocycles. The fourth-order valence-electron chi connectivity index (χ4n) is 1.91. The van der Waals surface area contributed by atoms with Crippen molar-refractivity contribution in [1.29, 1.82) is 0 Å². The summed E-state index contributed by atoms with van der Waals surface area (Å²) in [5, 5.41) is 2.86. The van der Waals surface area contributed by atoms with Crippen molar-refractivity contribution in [3.05, 3.63) is 65.6 Å². The molecule has 20 heavy (non-hydrogen) atoms. The van der Waals surface area contributed by atoms with Crippen LogP contribution in [-0.4, -0.2) is 5.91 Å². The van der Waals surface area contributed by atoms with E-state index in [1.54, 1.807) is 12.3 Å². The smallest absolute Gasteiger partial charge is 0.244 e. The summed E-state index contributed by atoms with van der Waals surface area (Å²) in [7, 11) is 0. The van der Waals surface area contributed by atoms with Gasteiger partial charge in [-0.05, 0) is 42.7 Å². The van der Waals surface area contributed by atoms with Gasteiger partial charge >= 0.3 is 0 Å². The van der Waals surface area contributed by atoms with Gasteiger partial charge < -0.3 is 9.73 Å². The maximum atomic E-state index is 11.8. The largest absolute Gasteiger partial charge is 0.467 e. The molecule has 0 bridgehead atoms. The van der Waals surface area contributed by atoms with Crippen molar-refractivity contribution in [2.75, 3.05) is 0 Å². The summed E-state index contributed by atoms with van der Waals surface area (Å²) >= 11 is 0. The van der Waals surface area contributed by atoms with E-state index in [1.807, 2.05) is 37.3 Å². The van der Waals surface area contributed by atoms with Crippen LogP contribution in [0.25, 0.3) is 6.08 Å². The molecule has 0 spiro atoms. The van der Waals surface area contributed by atoms with Crippen LogP contribution in [-0.2, 0) is 11.2 Å². The van der Waals surface area contributed by atoms with Gasteiger partial charge in [0.05, 0.1) is 12.3 Å². The van der Waals surface area contributed by atoms with Gasteiger partial charge in [0.15, 0.2) is 0 Å². The molecule has 2 rings (SSSR count). The summed E-state index contributed by atoms with van der Waals surface area (Å²) in [5.74, 6) is 0.618. The minimum absolute atomic E-state index is 0.131. The quantitative estimate of drug-likeness (QED) is 0.840. The lowest BCUT2D eigenvalue weighted by Crippen LogP contribution is -2.24. The number of nitrogens with one attached hydrogen (secondary N) is 1.